The number of aryl methyl sites for hydroxylation is 3. The van der Waals surface area contributed by atoms with Crippen molar-refractivity contribution in [3.63, 3.8) is 0 Å². The molecule has 0 radical (unpaired) electrons. The summed E-state index contributed by atoms with van der Waals surface area (Å²) in [7, 11) is 0. The maximum atomic E-state index is 10.2. The first-order chi connectivity index (χ1) is 11.5. The van der Waals surface area contributed by atoms with Crippen molar-refractivity contribution >= 4 is 0 Å². The summed E-state index contributed by atoms with van der Waals surface area (Å²) >= 11 is 0. The molecule has 2 aromatic carbocycles. The van der Waals surface area contributed by atoms with Gasteiger partial charge in [0.1, 0.15) is 18.5 Å². The number of hydrogen-bond donors (Lipinski definition) is 2. The van der Waals surface area contributed by atoms with Crippen LogP contribution in [0.25, 0.3) is 0 Å². The SMILES string of the molecule is CCc1ccc(C(C)NCC(O)COc2c(C)cccc2C)cc1. The van der Waals surface area contributed by atoms with Crippen molar-refractivity contribution in [3.8, 4) is 5.75 Å². The third kappa shape index (κ3) is 5.08. The van der Waals surface area contributed by atoms with Crippen LogP contribution in [-0.2, 0) is 6.42 Å². The van der Waals surface area contributed by atoms with Gasteiger partial charge in [-0.3, -0.25) is 0 Å². The van der Waals surface area contributed by atoms with Gasteiger partial charge in [0.2, 0.25) is 0 Å². The molecule has 0 fully saturated rings. The van der Waals surface area contributed by atoms with E-state index in [0.29, 0.717) is 13.2 Å². The van der Waals surface area contributed by atoms with Crippen molar-refractivity contribution < 1.29 is 9.84 Å². The largest absolute Gasteiger partial charge is 0.490 e. The molecule has 130 valence electrons. The Hall–Kier alpha value is -1.84. The monoisotopic (exact) mass is 327 g/mol. The van der Waals surface area contributed by atoms with Crippen molar-refractivity contribution in [2.45, 2.75) is 46.3 Å². The van der Waals surface area contributed by atoms with Gasteiger partial charge >= 0.3 is 0 Å². The van der Waals surface area contributed by atoms with Gasteiger partial charge in [-0.25, -0.2) is 0 Å². The second kappa shape index (κ2) is 8.86. The molecule has 2 unspecified atom stereocenters. The summed E-state index contributed by atoms with van der Waals surface area (Å²) in [5, 5.41) is 13.6. The molecule has 3 heteroatoms. The van der Waals surface area contributed by atoms with E-state index in [1.807, 2.05) is 32.0 Å². The fraction of sp³-hybridized carbons (Fsp3) is 0.429. The van der Waals surface area contributed by atoms with E-state index < -0.39 is 6.10 Å². The van der Waals surface area contributed by atoms with Crippen LogP contribution in [0.3, 0.4) is 0 Å². The van der Waals surface area contributed by atoms with E-state index in [0.717, 1.165) is 23.3 Å². The zero-order valence-electron chi connectivity index (χ0n) is 15.2. The number of nitrogens with one attached hydrogen (secondary N) is 1. The minimum Gasteiger partial charge on any atom is -0.490 e. The second-order valence-corrected chi connectivity index (χ2v) is 6.41. The van der Waals surface area contributed by atoms with Crippen molar-refractivity contribution in [3.05, 3.63) is 64.7 Å². The summed E-state index contributed by atoms with van der Waals surface area (Å²) in [5.74, 6) is 0.875. The molecule has 0 aliphatic heterocycles. The lowest BCUT2D eigenvalue weighted by Crippen LogP contribution is -2.33. The van der Waals surface area contributed by atoms with Crippen LogP contribution in [-0.4, -0.2) is 24.4 Å². The van der Waals surface area contributed by atoms with Crippen LogP contribution >= 0.6 is 0 Å². The van der Waals surface area contributed by atoms with Gasteiger partial charge in [-0.2, -0.15) is 0 Å². The Labute approximate surface area is 145 Å². The first kappa shape index (κ1) is 18.5. The van der Waals surface area contributed by atoms with Crippen LogP contribution in [0, 0.1) is 13.8 Å². The maximum absolute atomic E-state index is 10.2. The Morgan fingerprint density at radius 1 is 1.04 bits per heavy atom. The fourth-order valence-electron chi connectivity index (χ4n) is 2.74. The Balaban J connectivity index is 1.80. The molecule has 0 amide bonds. The minimum absolute atomic E-state index is 0.200. The van der Waals surface area contributed by atoms with Gasteiger partial charge in [0.25, 0.3) is 0 Å². The maximum Gasteiger partial charge on any atom is 0.125 e. The Morgan fingerprint density at radius 3 is 2.25 bits per heavy atom. The average molecular weight is 327 g/mol. The molecule has 0 saturated heterocycles. The lowest BCUT2D eigenvalue weighted by atomic mass is 10.0. The number of hydrogen-bond acceptors (Lipinski definition) is 3. The van der Waals surface area contributed by atoms with Crippen LogP contribution in [0.5, 0.6) is 5.75 Å². The third-order valence-corrected chi connectivity index (χ3v) is 4.38. The quantitative estimate of drug-likeness (QED) is 0.771. The molecule has 0 aliphatic carbocycles. The highest BCUT2D eigenvalue weighted by Crippen LogP contribution is 2.22. The lowest BCUT2D eigenvalue weighted by molar-refractivity contribution is 0.103. The number of aliphatic hydroxyl groups excluding tert-OH is 1. The van der Waals surface area contributed by atoms with Crippen LogP contribution in [0.4, 0.5) is 0 Å². The molecule has 2 atom stereocenters. The van der Waals surface area contributed by atoms with E-state index >= 15 is 0 Å². The predicted octanol–water partition coefficient (Wildman–Crippen LogP) is 3.96. The van der Waals surface area contributed by atoms with Crippen molar-refractivity contribution in [2.75, 3.05) is 13.2 Å². The van der Waals surface area contributed by atoms with Crippen LogP contribution in [0.15, 0.2) is 42.5 Å². The lowest BCUT2D eigenvalue weighted by Gasteiger charge is -2.19. The van der Waals surface area contributed by atoms with E-state index in [4.69, 9.17) is 4.74 Å². The fourth-order valence-corrected chi connectivity index (χ4v) is 2.74. The van der Waals surface area contributed by atoms with Gasteiger partial charge in [-0.1, -0.05) is 49.4 Å². The van der Waals surface area contributed by atoms with Crippen LogP contribution in [0.2, 0.25) is 0 Å². The van der Waals surface area contributed by atoms with Gasteiger partial charge in [0, 0.05) is 12.6 Å². The van der Waals surface area contributed by atoms with Crippen molar-refractivity contribution in [2.24, 2.45) is 0 Å². The Bertz CT molecular complexity index is 617. The highest BCUT2D eigenvalue weighted by molar-refractivity contribution is 5.39. The van der Waals surface area contributed by atoms with Gasteiger partial charge in [-0.15, -0.1) is 0 Å². The molecule has 0 bridgehead atoms. The molecule has 0 aliphatic rings. The standard InChI is InChI=1S/C21H29NO2/c1-5-18-9-11-19(12-10-18)17(4)22-13-20(23)14-24-21-15(2)7-6-8-16(21)3/h6-12,17,20,22-23H,5,13-14H2,1-4H3. The van der Waals surface area contributed by atoms with Crippen molar-refractivity contribution in [1.29, 1.82) is 0 Å². The molecule has 3 nitrogen and oxygen atoms in total. The van der Waals surface area contributed by atoms with Crippen LogP contribution < -0.4 is 10.1 Å². The molecule has 2 rings (SSSR count). The molecule has 0 saturated carbocycles. The molecule has 24 heavy (non-hydrogen) atoms. The first-order valence-electron chi connectivity index (χ1n) is 8.70. The number of para-hydroxylation sites is 1. The minimum atomic E-state index is -0.540. The van der Waals surface area contributed by atoms with Gasteiger partial charge < -0.3 is 15.2 Å². The zero-order chi connectivity index (χ0) is 17.5. The summed E-state index contributed by atoms with van der Waals surface area (Å²) in [5.41, 5.74) is 4.77. The van der Waals surface area contributed by atoms with Gasteiger partial charge in [0.05, 0.1) is 0 Å². The molecule has 2 aromatic rings. The van der Waals surface area contributed by atoms with Gasteiger partial charge in [-0.05, 0) is 49.4 Å². The van der Waals surface area contributed by atoms with E-state index in [-0.39, 0.29) is 6.04 Å². The number of benzene rings is 2. The number of rotatable bonds is 8. The highest BCUT2D eigenvalue weighted by atomic mass is 16.5. The molecule has 0 heterocycles. The summed E-state index contributed by atoms with van der Waals surface area (Å²) in [6, 6.07) is 14.9. The summed E-state index contributed by atoms with van der Waals surface area (Å²) in [6.45, 7) is 9.11. The smallest absolute Gasteiger partial charge is 0.125 e. The normalized spacial score (nSPS) is 13.5. The predicted molar refractivity (Wildman–Crippen MR) is 99.7 cm³/mol. The zero-order valence-corrected chi connectivity index (χ0v) is 15.2. The molecular weight excluding hydrogens is 298 g/mol. The number of aliphatic hydroxyl groups is 1. The van der Waals surface area contributed by atoms with E-state index in [9.17, 15) is 5.11 Å². The van der Waals surface area contributed by atoms with E-state index in [1.54, 1.807) is 0 Å². The Morgan fingerprint density at radius 2 is 1.67 bits per heavy atom. The third-order valence-electron chi connectivity index (χ3n) is 4.38. The van der Waals surface area contributed by atoms with Crippen molar-refractivity contribution in [1.82, 2.24) is 5.32 Å². The Kier molecular flexibility index (Phi) is 6.83. The number of ether oxygens (including phenoxy) is 1. The van der Waals surface area contributed by atoms with Crippen LogP contribution in [0.1, 0.15) is 42.1 Å². The van der Waals surface area contributed by atoms with E-state index in [2.05, 4.69) is 43.4 Å². The topological polar surface area (TPSA) is 41.5 Å². The highest BCUT2D eigenvalue weighted by Gasteiger charge is 2.11. The van der Waals surface area contributed by atoms with E-state index in [1.165, 1.54) is 11.1 Å². The molecular formula is C21H29NO2. The molecule has 0 aromatic heterocycles. The molecule has 0 spiro atoms. The second-order valence-electron chi connectivity index (χ2n) is 6.41. The average Bonchev–Trinajstić information content (AvgIpc) is 2.59. The van der Waals surface area contributed by atoms with Gasteiger partial charge in [0.15, 0.2) is 0 Å². The summed E-state index contributed by atoms with van der Waals surface area (Å²) < 4.78 is 5.81. The first-order valence-corrected chi connectivity index (χ1v) is 8.70. The molecule has 2 N–H and O–H groups in total. The summed E-state index contributed by atoms with van der Waals surface area (Å²) in [6.07, 6.45) is 0.512. The summed E-state index contributed by atoms with van der Waals surface area (Å²) in [4.78, 5) is 0.